The number of aromatic nitrogens is 2. The van der Waals surface area contributed by atoms with Gasteiger partial charge in [-0.25, -0.2) is 4.79 Å². The average Bonchev–Trinajstić information content (AvgIpc) is 2.92. The molecule has 0 aromatic carbocycles. The smallest absolute Gasteiger partial charge is 0.326 e. The first kappa shape index (κ1) is 12.3. The van der Waals surface area contributed by atoms with Crippen molar-refractivity contribution in [1.29, 1.82) is 0 Å². The van der Waals surface area contributed by atoms with Crippen LogP contribution in [0.3, 0.4) is 0 Å². The second-order valence-corrected chi connectivity index (χ2v) is 4.84. The maximum atomic E-state index is 11.6. The summed E-state index contributed by atoms with van der Waals surface area (Å²) < 4.78 is 0. The van der Waals surface area contributed by atoms with E-state index < -0.39 is 23.4 Å². The Hall–Kier alpha value is -1.77. The number of aliphatic hydroxyl groups excluding tert-OH is 2. The number of hydrogen-bond donors (Lipinski definition) is 5. The predicted octanol–water partition coefficient (Wildman–Crippen LogP) is -2.05. The normalized spacial score (nSPS) is 32.7. The molecule has 1 aromatic rings. The second-order valence-electron chi connectivity index (χ2n) is 4.84. The zero-order valence-corrected chi connectivity index (χ0v) is 9.96. The molecule has 102 valence electrons. The van der Waals surface area contributed by atoms with Crippen molar-refractivity contribution in [3.63, 3.8) is 0 Å². The summed E-state index contributed by atoms with van der Waals surface area (Å²) in [6, 6.07) is -0.564. The molecular weight excluding hydrogens is 252 g/mol. The summed E-state index contributed by atoms with van der Waals surface area (Å²) >= 11 is 0. The van der Waals surface area contributed by atoms with Gasteiger partial charge >= 0.3 is 5.69 Å². The molecule has 5 N–H and O–H groups in total. The van der Waals surface area contributed by atoms with Gasteiger partial charge in [0.25, 0.3) is 5.56 Å². The summed E-state index contributed by atoms with van der Waals surface area (Å²) in [5.74, 6) is -0.281. The summed E-state index contributed by atoms with van der Waals surface area (Å²) in [6.45, 7) is -0.166. The van der Waals surface area contributed by atoms with Gasteiger partial charge in [-0.15, -0.1) is 0 Å². The van der Waals surface area contributed by atoms with Crippen molar-refractivity contribution in [3.05, 3.63) is 26.5 Å². The fourth-order valence-corrected chi connectivity index (χ4v) is 2.70. The Morgan fingerprint density at radius 2 is 2.16 bits per heavy atom. The molecule has 3 heterocycles. The number of nitrogens with zero attached hydrogens (tertiary/aromatic N) is 1. The van der Waals surface area contributed by atoms with Crippen LogP contribution in [-0.4, -0.2) is 51.2 Å². The van der Waals surface area contributed by atoms with Crippen LogP contribution < -0.4 is 16.6 Å². The van der Waals surface area contributed by atoms with Crippen LogP contribution >= 0.6 is 0 Å². The van der Waals surface area contributed by atoms with E-state index in [0.717, 1.165) is 0 Å². The van der Waals surface area contributed by atoms with Crippen LogP contribution in [0.2, 0.25) is 0 Å². The van der Waals surface area contributed by atoms with Gasteiger partial charge in [-0.05, 0) is 6.42 Å². The summed E-state index contributed by atoms with van der Waals surface area (Å²) in [7, 11) is 0. The van der Waals surface area contributed by atoms with Crippen LogP contribution in [0.25, 0.3) is 0 Å². The second kappa shape index (κ2) is 4.41. The highest BCUT2D eigenvalue weighted by molar-refractivity contribution is 5.79. The molecule has 0 spiro atoms. The van der Waals surface area contributed by atoms with Crippen LogP contribution in [0.15, 0.2) is 14.6 Å². The monoisotopic (exact) mass is 266 g/mol. The number of H-pyrrole nitrogens is 2. The third-order valence-electron chi connectivity index (χ3n) is 3.66. The molecule has 2 aliphatic heterocycles. The summed E-state index contributed by atoms with van der Waals surface area (Å²) in [5.41, 5.74) is -0.434. The van der Waals surface area contributed by atoms with Gasteiger partial charge in [-0.1, -0.05) is 0 Å². The van der Waals surface area contributed by atoms with E-state index in [4.69, 9.17) is 5.11 Å². The molecule has 0 bridgehead atoms. The number of aliphatic imine (C=N–C) groups is 1. The highest BCUT2D eigenvalue weighted by Crippen LogP contribution is 2.32. The Labute approximate surface area is 107 Å². The van der Waals surface area contributed by atoms with Gasteiger partial charge < -0.3 is 20.5 Å². The molecule has 1 saturated heterocycles. The van der Waals surface area contributed by atoms with E-state index in [1.165, 1.54) is 0 Å². The largest absolute Gasteiger partial charge is 0.395 e. The average molecular weight is 266 g/mol. The van der Waals surface area contributed by atoms with Crippen LogP contribution in [-0.2, 0) is 0 Å². The van der Waals surface area contributed by atoms with E-state index >= 15 is 0 Å². The van der Waals surface area contributed by atoms with Crippen LogP contribution in [0, 0.1) is 0 Å². The van der Waals surface area contributed by atoms with Crippen molar-refractivity contribution in [2.75, 3.05) is 6.61 Å². The lowest BCUT2D eigenvalue weighted by molar-refractivity contribution is 0.121. The SMILES string of the molecule is O=c1[nH]c2c(c(=O)[nH]1)N=CC2[C@H]1C[C@H](O)[C@@H](CO)N1. The first-order valence-corrected chi connectivity index (χ1v) is 6.06. The first-order valence-electron chi connectivity index (χ1n) is 6.06. The minimum atomic E-state index is -0.652. The molecule has 8 heteroatoms. The minimum absolute atomic E-state index is 0.166. The Kier molecular flexibility index (Phi) is 2.85. The highest BCUT2D eigenvalue weighted by atomic mass is 16.3. The Bertz CT molecular complexity index is 634. The molecule has 1 fully saturated rings. The number of aliphatic hydroxyl groups is 2. The summed E-state index contributed by atoms with van der Waals surface area (Å²) in [6.07, 6.45) is 1.36. The lowest BCUT2D eigenvalue weighted by Gasteiger charge is -2.17. The minimum Gasteiger partial charge on any atom is -0.395 e. The lowest BCUT2D eigenvalue weighted by atomic mass is 9.96. The number of hydrogen-bond acceptors (Lipinski definition) is 6. The van der Waals surface area contributed by atoms with Gasteiger partial charge in [0.2, 0.25) is 0 Å². The molecule has 2 aliphatic rings. The van der Waals surface area contributed by atoms with Crippen molar-refractivity contribution >= 4 is 11.9 Å². The first-order chi connectivity index (χ1) is 9.10. The van der Waals surface area contributed by atoms with Gasteiger partial charge in [-0.3, -0.25) is 14.8 Å². The molecule has 1 unspecified atom stereocenters. The molecule has 3 rings (SSSR count). The van der Waals surface area contributed by atoms with E-state index in [9.17, 15) is 14.7 Å². The van der Waals surface area contributed by atoms with Crippen molar-refractivity contribution < 1.29 is 10.2 Å². The Morgan fingerprint density at radius 3 is 2.84 bits per heavy atom. The van der Waals surface area contributed by atoms with Crippen LogP contribution in [0.4, 0.5) is 5.69 Å². The molecule has 0 radical (unpaired) electrons. The van der Waals surface area contributed by atoms with Crippen molar-refractivity contribution in [2.24, 2.45) is 4.99 Å². The topological polar surface area (TPSA) is 131 Å². The van der Waals surface area contributed by atoms with Crippen molar-refractivity contribution in [1.82, 2.24) is 15.3 Å². The van der Waals surface area contributed by atoms with E-state index in [2.05, 4.69) is 20.3 Å². The maximum absolute atomic E-state index is 11.6. The van der Waals surface area contributed by atoms with Gasteiger partial charge in [-0.2, -0.15) is 0 Å². The fraction of sp³-hybridized carbons (Fsp3) is 0.545. The highest BCUT2D eigenvalue weighted by Gasteiger charge is 2.39. The Morgan fingerprint density at radius 1 is 1.37 bits per heavy atom. The van der Waals surface area contributed by atoms with Crippen LogP contribution in [0.1, 0.15) is 18.0 Å². The third kappa shape index (κ3) is 1.93. The van der Waals surface area contributed by atoms with Gasteiger partial charge in [0, 0.05) is 12.3 Å². The van der Waals surface area contributed by atoms with Gasteiger partial charge in [0.1, 0.15) is 5.69 Å². The standard InChI is InChI=1S/C11H14N4O4/c16-3-6-7(17)1-5(13-6)4-2-12-9-8(4)14-11(19)15-10(9)18/h2,4-7,13,16-17H,1,3H2,(H2,14,15,18,19)/t4?,5-,6-,7+/m1/s1. The predicted molar refractivity (Wildman–Crippen MR) is 67.0 cm³/mol. The molecule has 1 aromatic heterocycles. The number of aromatic amines is 2. The lowest BCUT2D eigenvalue weighted by Crippen LogP contribution is -2.39. The summed E-state index contributed by atoms with van der Waals surface area (Å²) in [4.78, 5) is 31.6. The third-order valence-corrected chi connectivity index (χ3v) is 3.66. The Balaban J connectivity index is 1.94. The quantitative estimate of drug-likeness (QED) is 0.420. The number of fused-ring (bicyclic) bond motifs is 1. The van der Waals surface area contributed by atoms with Gasteiger partial charge in [0.05, 0.1) is 30.4 Å². The maximum Gasteiger partial charge on any atom is 0.326 e. The van der Waals surface area contributed by atoms with Crippen molar-refractivity contribution in [2.45, 2.75) is 30.5 Å². The van der Waals surface area contributed by atoms with E-state index in [1.54, 1.807) is 6.21 Å². The molecule has 8 nitrogen and oxygen atoms in total. The van der Waals surface area contributed by atoms with E-state index in [-0.39, 0.29) is 24.3 Å². The zero-order chi connectivity index (χ0) is 13.6. The molecule has 0 aliphatic carbocycles. The fourth-order valence-electron chi connectivity index (χ4n) is 2.70. The molecule has 19 heavy (non-hydrogen) atoms. The molecular formula is C11H14N4O4. The number of rotatable bonds is 2. The molecule has 4 atom stereocenters. The van der Waals surface area contributed by atoms with Crippen LogP contribution in [0.5, 0.6) is 0 Å². The van der Waals surface area contributed by atoms with E-state index in [0.29, 0.717) is 12.1 Å². The number of nitrogens with one attached hydrogen (secondary N) is 3. The molecule has 0 amide bonds. The zero-order valence-electron chi connectivity index (χ0n) is 9.96. The summed E-state index contributed by atoms with van der Waals surface area (Å²) in [5, 5.41) is 22.0. The van der Waals surface area contributed by atoms with Crippen molar-refractivity contribution in [3.8, 4) is 0 Å². The van der Waals surface area contributed by atoms with E-state index in [1.807, 2.05) is 0 Å². The molecule has 0 saturated carbocycles. The van der Waals surface area contributed by atoms with Gasteiger partial charge in [0.15, 0.2) is 0 Å².